The Morgan fingerprint density at radius 1 is 1.32 bits per heavy atom. The summed E-state index contributed by atoms with van der Waals surface area (Å²) < 4.78 is 6.10. The van der Waals surface area contributed by atoms with Crippen LogP contribution in [0, 0.1) is 5.92 Å². The van der Waals surface area contributed by atoms with Gasteiger partial charge in [0, 0.05) is 25.3 Å². The first-order valence-electron chi connectivity index (χ1n) is 7.35. The van der Waals surface area contributed by atoms with Crippen LogP contribution in [0.4, 0.5) is 0 Å². The first-order valence-corrected chi connectivity index (χ1v) is 7.35. The summed E-state index contributed by atoms with van der Waals surface area (Å²) in [6.45, 7) is 3.89. The van der Waals surface area contributed by atoms with Crippen LogP contribution in [0.3, 0.4) is 0 Å². The second-order valence-corrected chi connectivity index (χ2v) is 5.55. The summed E-state index contributed by atoms with van der Waals surface area (Å²) in [4.78, 5) is 0. The molecule has 106 valence electrons. The second-order valence-electron chi connectivity index (χ2n) is 5.55. The van der Waals surface area contributed by atoms with Crippen LogP contribution in [0.1, 0.15) is 38.2 Å². The largest absolute Gasteiger partial charge is 0.490 e. The van der Waals surface area contributed by atoms with Crippen LogP contribution in [0.2, 0.25) is 0 Å². The molecule has 2 rings (SSSR count). The predicted molar refractivity (Wildman–Crippen MR) is 77.3 cm³/mol. The van der Waals surface area contributed by atoms with E-state index in [1.165, 1.54) is 31.2 Å². The second kappa shape index (κ2) is 7.51. The van der Waals surface area contributed by atoms with Crippen LogP contribution in [-0.2, 0) is 6.54 Å². The van der Waals surface area contributed by atoms with E-state index in [9.17, 15) is 0 Å². The molecule has 0 aliphatic heterocycles. The van der Waals surface area contributed by atoms with Crippen molar-refractivity contribution in [1.29, 1.82) is 0 Å². The van der Waals surface area contributed by atoms with Gasteiger partial charge in [-0.1, -0.05) is 25.1 Å². The van der Waals surface area contributed by atoms with Crippen LogP contribution < -0.4 is 10.1 Å². The molecule has 1 atom stereocenters. The Morgan fingerprint density at radius 3 is 2.79 bits per heavy atom. The molecule has 0 amide bonds. The third-order valence-corrected chi connectivity index (χ3v) is 3.69. The fourth-order valence-electron chi connectivity index (χ4n) is 2.47. The molecule has 1 aliphatic rings. The van der Waals surface area contributed by atoms with Gasteiger partial charge in [0.25, 0.3) is 0 Å². The molecule has 1 aromatic carbocycles. The molecule has 1 aliphatic carbocycles. The van der Waals surface area contributed by atoms with Crippen molar-refractivity contribution in [2.24, 2.45) is 5.92 Å². The van der Waals surface area contributed by atoms with E-state index in [0.29, 0.717) is 12.0 Å². The number of para-hydroxylation sites is 1. The minimum absolute atomic E-state index is 0.229. The summed E-state index contributed by atoms with van der Waals surface area (Å²) >= 11 is 0. The molecule has 1 aromatic rings. The van der Waals surface area contributed by atoms with Gasteiger partial charge in [-0.2, -0.15) is 0 Å². The molecule has 1 fully saturated rings. The van der Waals surface area contributed by atoms with E-state index in [2.05, 4.69) is 17.4 Å². The van der Waals surface area contributed by atoms with E-state index in [1.54, 1.807) is 0 Å². The average molecular weight is 263 g/mol. The molecule has 0 spiro atoms. The van der Waals surface area contributed by atoms with Crippen molar-refractivity contribution < 1.29 is 9.84 Å². The van der Waals surface area contributed by atoms with Gasteiger partial charge in [0.15, 0.2) is 0 Å². The van der Waals surface area contributed by atoms with Crippen LogP contribution >= 0.6 is 0 Å². The van der Waals surface area contributed by atoms with Gasteiger partial charge in [0.2, 0.25) is 0 Å². The molecule has 3 heteroatoms. The zero-order valence-corrected chi connectivity index (χ0v) is 11.8. The first-order chi connectivity index (χ1) is 9.29. The van der Waals surface area contributed by atoms with Crippen LogP contribution in [0.15, 0.2) is 24.3 Å². The summed E-state index contributed by atoms with van der Waals surface area (Å²) in [7, 11) is 0. The molecular weight excluding hydrogens is 238 g/mol. The van der Waals surface area contributed by atoms with Gasteiger partial charge in [-0.25, -0.2) is 0 Å². The zero-order valence-electron chi connectivity index (χ0n) is 11.8. The van der Waals surface area contributed by atoms with Crippen molar-refractivity contribution in [2.75, 3.05) is 13.2 Å². The molecule has 0 saturated heterocycles. The van der Waals surface area contributed by atoms with Gasteiger partial charge in [0.05, 0.1) is 6.10 Å². The van der Waals surface area contributed by atoms with Gasteiger partial charge >= 0.3 is 0 Å². The summed E-state index contributed by atoms with van der Waals surface area (Å²) in [5.74, 6) is 1.31. The minimum atomic E-state index is 0.229. The Bertz CT molecular complexity index is 375. The quantitative estimate of drug-likeness (QED) is 0.795. The van der Waals surface area contributed by atoms with E-state index in [4.69, 9.17) is 9.84 Å². The van der Waals surface area contributed by atoms with Crippen molar-refractivity contribution in [3.8, 4) is 5.75 Å². The normalized spacial score (nSPS) is 17.6. The smallest absolute Gasteiger partial charge is 0.124 e. The van der Waals surface area contributed by atoms with E-state index in [-0.39, 0.29) is 6.61 Å². The van der Waals surface area contributed by atoms with Crippen LogP contribution in [0.25, 0.3) is 0 Å². The third kappa shape index (κ3) is 4.51. The van der Waals surface area contributed by atoms with E-state index in [0.717, 1.165) is 18.8 Å². The summed E-state index contributed by atoms with van der Waals surface area (Å²) in [6.07, 6.45) is 5.35. The van der Waals surface area contributed by atoms with E-state index >= 15 is 0 Å². The Hall–Kier alpha value is -1.06. The molecule has 0 aromatic heterocycles. The molecular formula is C16H25NO2. The number of nitrogens with one attached hydrogen (secondary N) is 1. The van der Waals surface area contributed by atoms with Crippen LogP contribution in [-0.4, -0.2) is 24.4 Å². The molecule has 19 heavy (non-hydrogen) atoms. The Morgan fingerprint density at radius 2 is 2.05 bits per heavy atom. The number of rotatable bonds is 7. The molecule has 3 nitrogen and oxygen atoms in total. The summed E-state index contributed by atoms with van der Waals surface area (Å²) in [5, 5.41) is 12.4. The number of aliphatic hydroxyl groups excluding tert-OH is 1. The molecule has 1 saturated carbocycles. The molecule has 0 heterocycles. The van der Waals surface area contributed by atoms with Gasteiger partial charge in [0.1, 0.15) is 5.75 Å². The van der Waals surface area contributed by atoms with E-state index < -0.39 is 0 Å². The van der Waals surface area contributed by atoms with Crippen LogP contribution in [0.5, 0.6) is 5.75 Å². The van der Waals surface area contributed by atoms with Crippen molar-refractivity contribution in [3.63, 3.8) is 0 Å². The number of benzene rings is 1. The number of aliphatic hydroxyl groups is 1. The third-order valence-electron chi connectivity index (χ3n) is 3.69. The molecule has 2 N–H and O–H groups in total. The predicted octanol–water partition coefficient (Wildman–Crippen LogP) is 2.73. The SMILES string of the molecule is CC(CO)CNCc1ccccc1OC1CCCC1. The number of ether oxygens (including phenoxy) is 1. The van der Waals surface area contributed by atoms with Crippen molar-refractivity contribution in [3.05, 3.63) is 29.8 Å². The lowest BCUT2D eigenvalue weighted by Crippen LogP contribution is -2.23. The Kier molecular flexibility index (Phi) is 5.67. The Balaban J connectivity index is 1.88. The monoisotopic (exact) mass is 263 g/mol. The van der Waals surface area contributed by atoms with Gasteiger partial charge in [-0.15, -0.1) is 0 Å². The fraction of sp³-hybridized carbons (Fsp3) is 0.625. The molecule has 0 radical (unpaired) electrons. The first kappa shape index (κ1) is 14.4. The van der Waals surface area contributed by atoms with Gasteiger partial charge in [-0.05, 0) is 37.7 Å². The zero-order chi connectivity index (χ0) is 13.5. The minimum Gasteiger partial charge on any atom is -0.490 e. The lowest BCUT2D eigenvalue weighted by Gasteiger charge is -2.17. The number of hydrogen-bond acceptors (Lipinski definition) is 3. The highest BCUT2D eigenvalue weighted by molar-refractivity contribution is 5.33. The van der Waals surface area contributed by atoms with E-state index in [1.807, 2.05) is 19.1 Å². The fourth-order valence-corrected chi connectivity index (χ4v) is 2.47. The van der Waals surface area contributed by atoms with Crippen molar-refractivity contribution in [1.82, 2.24) is 5.32 Å². The number of hydrogen-bond donors (Lipinski definition) is 2. The summed E-state index contributed by atoms with van der Waals surface area (Å²) in [6, 6.07) is 8.25. The maximum atomic E-state index is 9.01. The highest BCUT2D eigenvalue weighted by atomic mass is 16.5. The Labute approximate surface area is 116 Å². The highest BCUT2D eigenvalue weighted by Crippen LogP contribution is 2.26. The average Bonchev–Trinajstić information content (AvgIpc) is 2.93. The van der Waals surface area contributed by atoms with Crippen molar-refractivity contribution in [2.45, 2.75) is 45.3 Å². The van der Waals surface area contributed by atoms with Gasteiger partial charge in [-0.3, -0.25) is 0 Å². The molecule has 1 unspecified atom stereocenters. The molecule has 0 bridgehead atoms. The standard InChI is InChI=1S/C16H25NO2/c1-13(12-18)10-17-11-14-6-2-5-9-16(14)19-15-7-3-4-8-15/h2,5-6,9,13,15,17-18H,3-4,7-8,10-12H2,1H3. The lowest BCUT2D eigenvalue weighted by molar-refractivity contribution is 0.207. The highest BCUT2D eigenvalue weighted by Gasteiger charge is 2.17. The summed E-state index contributed by atoms with van der Waals surface area (Å²) in [5.41, 5.74) is 1.21. The maximum absolute atomic E-state index is 9.01. The maximum Gasteiger partial charge on any atom is 0.124 e. The topological polar surface area (TPSA) is 41.5 Å². The lowest BCUT2D eigenvalue weighted by atomic mass is 10.1. The van der Waals surface area contributed by atoms with Crippen molar-refractivity contribution >= 4 is 0 Å². The van der Waals surface area contributed by atoms with Gasteiger partial charge < -0.3 is 15.2 Å².